The lowest BCUT2D eigenvalue weighted by atomic mass is 10.1. The Morgan fingerprint density at radius 3 is 2.44 bits per heavy atom. The van der Waals surface area contributed by atoms with Gasteiger partial charge in [-0.05, 0) is 17.5 Å². The topological polar surface area (TPSA) is 74.7 Å². The highest BCUT2D eigenvalue weighted by Gasteiger charge is 2.09. The Balaban J connectivity index is 2.46. The van der Waals surface area contributed by atoms with Gasteiger partial charge >= 0.3 is 0 Å². The first-order chi connectivity index (χ1) is 7.76. The fourth-order valence-electron chi connectivity index (χ4n) is 1.73. The van der Waals surface area contributed by atoms with Gasteiger partial charge in [-0.15, -0.1) is 0 Å². The first-order valence-corrected chi connectivity index (χ1v) is 5.35. The van der Waals surface area contributed by atoms with Crippen molar-refractivity contribution in [3.8, 4) is 11.3 Å². The number of hydrogen-bond acceptors (Lipinski definition) is 2. The van der Waals surface area contributed by atoms with E-state index >= 15 is 0 Å². The van der Waals surface area contributed by atoms with E-state index in [-0.39, 0.29) is 12.1 Å². The molecule has 0 saturated carbocycles. The van der Waals surface area contributed by atoms with Crippen molar-refractivity contribution in [1.82, 2.24) is 10.2 Å². The Morgan fingerprint density at radius 1 is 1.19 bits per heavy atom. The van der Waals surface area contributed by atoms with Crippen molar-refractivity contribution in [3.05, 3.63) is 45.7 Å². The number of hydrogen-bond donors (Lipinski definition) is 3. The Morgan fingerprint density at radius 2 is 1.88 bits per heavy atom. The number of nitrogens with two attached hydrogens (primary N) is 1. The molecule has 2 aromatic rings. The summed E-state index contributed by atoms with van der Waals surface area (Å²) < 4.78 is 0. The molecule has 0 atom stereocenters. The molecule has 0 aliphatic carbocycles. The molecule has 0 unspecified atom stereocenters. The summed E-state index contributed by atoms with van der Waals surface area (Å²) in [7, 11) is 0. The van der Waals surface area contributed by atoms with Gasteiger partial charge in [-0.1, -0.05) is 31.2 Å². The van der Waals surface area contributed by atoms with Crippen molar-refractivity contribution in [2.45, 2.75) is 19.9 Å². The first kappa shape index (κ1) is 10.7. The highest BCUT2D eigenvalue weighted by Crippen LogP contribution is 2.19. The van der Waals surface area contributed by atoms with Crippen molar-refractivity contribution in [3.63, 3.8) is 0 Å². The average Bonchev–Trinajstić information content (AvgIpc) is 2.70. The molecule has 0 spiro atoms. The molecule has 4 heteroatoms. The lowest BCUT2D eigenvalue weighted by molar-refractivity contribution is 1.04. The minimum absolute atomic E-state index is 0.142. The molecule has 0 amide bonds. The minimum Gasteiger partial charge on any atom is -0.326 e. The van der Waals surface area contributed by atoms with E-state index in [1.165, 1.54) is 5.56 Å². The number of aromatic nitrogens is 2. The number of benzene rings is 1. The molecule has 2 rings (SSSR count). The largest absolute Gasteiger partial charge is 0.326 e. The number of nitrogens with one attached hydrogen (secondary N) is 2. The van der Waals surface area contributed by atoms with Crippen molar-refractivity contribution in [2.75, 3.05) is 0 Å². The van der Waals surface area contributed by atoms with Gasteiger partial charge < -0.3 is 5.73 Å². The molecule has 0 radical (unpaired) electrons. The van der Waals surface area contributed by atoms with Crippen LogP contribution in [0, 0.1) is 0 Å². The second-order valence-corrected chi connectivity index (χ2v) is 3.69. The van der Waals surface area contributed by atoms with E-state index in [4.69, 9.17) is 5.73 Å². The van der Waals surface area contributed by atoms with Gasteiger partial charge in [-0.2, -0.15) is 0 Å². The van der Waals surface area contributed by atoms with Crippen molar-refractivity contribution >= 4 is 0 Å². The van der Waals surface area contributed by atoms with Crippen LogP contribution >= 0.6 is 0 Å². The first-order valence-electron chi connectivity index (χ1n) is 5.35. The predicted molar refractivity (Wildman–Crippen MR) is 64.1 cm³/mol. The summed E-state index contributed by atoms with van der Waals surface area (Å²) in [6.45, 7) is 2.35. The third-order valence-electron chi connectivity index (χ3n) is 2.73. The van der Waals surface area contributed by atoms with Gasteiger partial charge in [-0.25, -0.2) is 0 Å². The zero-order valence-corrected chi connectivity index (χ0v) is 9.21. The molecule has 0 bridgehead atoms. The van der Waals surface area contributed by atoms with E-state index in [9.17, 15) is 4.79 Å². The number of rotatable bonds is 3. The Labute approximate surface area is 93.5 Å². The summed E-state index contributed by atoms with van der Waals surface area (Å²) in [5, 5.41) is 5.42. The third kappa shape index (κ3) is 1.79. The van der Waals surface area contributed by atoms with E-state index < -0.39 is 0 Å². The monoisotopic (exact) mass is 217 g/mol. The third-order valence-corrected chi connectivity index (χ3v) is 2.73. The molecule has 0 fully saturated rings. The van der Waals surface area contributed by atoms with Gasteiger partial charge in [-0.3, -0.25) is 15.0 Å². The summed E-state index contributed by atoms with van der Waals surface area (Å²) in [5.41, 5.74) is 9.05. The second-order valence-electron chi connectivity index (χ2n) is 3.69. The number of aromatic amines is 2. The van der Waals surface area contributed by atoms with Crippen LogP contribution in [0.5, 0.6) is 0 Å². The maximum atomic E-state index is 11.4. The lowest BCUT2D eigenvalue weighted by Crippen LogP contribution is -2.10. The van der Waals surface area contributed by atoms with E-state index in [1.807, 2.05) is 12.1 Å². The van der Waals surface area contributed by atoms with Crippen LogP contribution in [-0.4, -0.2) is 10.2 Å². The molecular formula is C12H15N3O. The fourth-order valence-corrected chi connectivity index (χ4v) is 1.73. The smallest absolute Gasteiger partial charge is 0.269 e. The summed E-state index contributed by atoms with van der Waals surface area (Å²) in [5.74, 6) is 0. The van der Waals surface area contributed by atoms with Crippen LogP contribution in [0.25, 0.3) is 11.3 Å². The highest BCUT2D eigenvalue weighted by atomic mass is 16.1. The zero-order chi connectivity index (χ0) is 11.5. The highest BCUT2D eigenvalue weighted by molar-refractivity contribution is 5.62. The van der Waals surface area contributed by atoms with Crippen LogP contribution < -0.4 is 11.3 Å². The number of H-pyrrole nitrogens is 2. The normalized spacial score (nSPS) is 10.6. The Bertz CT molecular complexity index is 522. The molecule has 84 valence electrons. The van der Waals surface area contributed by atoms with Gasteiger partial charge in [0.1, 0.15) is 0 Å². The van der Waals surface area contributed by atoms with Crippen LogP contribution in [0.2, 0.25) is 0 Å². The van der Waals surface area contributed by atoms with Gasteiger partial charge in [0.05, 0.1) is 11.3 Å². The van der Waals surface area contributed by atoms with Gasteiger partial charge in [0, 0.05) is 6.54 Å². The molecule has 0 saturated heterocycles. The van der Waals surface area contributed by atoms with Crippen molar-refractivity contribution in [2.24, 2.45) is 5.73 Å². The van der Waals surface area contributed by atoms with Crippen LogP contribution in [-0.2, 0) is 13.0 Å². The SMILES string of the molecule is CCc1ccc(-c2[nH][nH]c(=O)c2CN)cc1. The predicted octanol–water partition coefficient (Wildman–Crippen LogP) is 1.39. The zero-order valence-electron chi connectivity index (χ0n) is 9.21. The molecule has 1 heterocycles. The van der Waals surface area contributed by atoms with Crippen LogP contribution in [0.1, 0.15) is 18.1 Å². The molecular weight excluding hydrogens is 202 g/mol. The van der Waals surface area contributed by atoms with Gasteiger partial charge in [0.15, 0.2) is 0 Å². The van der Waals surface area contributed by atoms with E-state index in [1.54, 1.807) is 0 Å². The summed E-state index contributed by atoms with van der Waals surface area (Å²) in [6, 6.07) is 8.11. The average molecular weight is 217 g/mol. The molecule has 1 aromatic carbocycles. The molecule has 16 heavy (non-hydrogen) atoms. The Hall–Kier alpha value is -1.81. The molecule has 1 aromatic heterocycles. The molecule has 0 aliphatic heterocycles. The van der Waals surface area contributed by atoms with Gasteiger partial charge in [0.25, 0.3) is 5.56 Å². The summed E-state index contributed by atoms with van der Waals surface area (Å²) in [6.07, 6.45) is 1.01. The fraction of sp³-hybridized carbons (Fsp3) is 0.250. The van der Waals surface area contributed by atoms with Crippen LogP contribution in [0.15, 0.2) is 29.1 Å². The standard InChI is InChI=1S/C12H15N3O/c1-2-8-3-5-9(6-4-8)11-10(7-13)12(16)15-14-11/h3-6H,2,7,13H2,1H3,(H2,14,15,16). The molecule has 0 aliphatic rings. The summed E-state index contributed by atoms with van der Waals surface area (Å²) in [4.78, 5) is 11.4. The second kappa shape index (κ2) is 4.37. The van der Waals surface area contributed by atoms with Crippen LogP contribution in [0.3, 0.4) is 0 Å². The molecule has 4 N–H and O–H groups in total. The number of aryl methyl sites for hydroxylation is 1. The Kier molecular flexibility index (Phi) is 2.92. The quantitative estimate of drug-likeness (QED) is 0.726. The van der Waals surface area contributed by atoms with Gasteiger partial charge in [0.2, 0.25) is 0 Å². The van der Waals surface area contributed by atoms with E-state index in [2.05, 4.69) is 29.3 Å². The summed E-state index contributed by atoms with van der Waals surface area (Å²) >= 11 is 0. The van der Waals surface area contributed by atoms with Crippen LogP contribution in [0.4, 0.5) is 0 Å². The minimum atomic E-state index is -0.142. The lowest BCUT2D eigenvalue weighted by Gasteiger charge is -2.02. The maximum Gasteiger partial charge on any atom is 0.269 e. The van der Waals surface area contributed by atoms with E-state index in [0.717, 1.165) is 17.7 Å². The maximum absolute atomic E-state index is 11.4. The van der Waals surface area contributed by atoms with Crippen molar-refractivity contribution in [1.29, 1.82) is 0 Å². The molecule has 4 nitrogen and oxygen atoms in total. The van der Waals surface area contributed by atoms with Crippen molar-refractivity contribution < 1.29 is 0 Å². The van der Waals surface area contributed by atoms with E-state index in [0.29, 0.717) is 5.56 Å².